The topological polar surface area (TPSA) is 87.5 Å². The molecule has 2 aromatic rings. The lowest BCUT2D eigenvalue weighted by molar-refractivity contribution is -0.192. The van der Waals surface area contributed by atoms with Crippen molar-refractivity contribution in [2.45, 2.75) is 31.7 Å². The molecule has 29 heavy (non-hydrogen) atoms. The summed E-state index contributed by atoms with van der Waals surface area (Å²) >= 11 is 0. The van der Waals surface area contributed by atoms with E-state index in [1.54, 1.807) is 25.4 Å². The lowest BCUT2D eigenvalue weighted by atomic mass is 10.1. The van der Waals surface area contributed by atoms with Crippen molar-refractivity contribution in [3.05, 3.63) is 53.6 Å². The molecule has 0 radical (unpaired) electrons. The zero-order chi connectivity index (χ0) is 21.6. The maximum absolute atomic E-state index is 13.8. The zero-order valence-electron chi connectivity index (χ0n) is 15.5. The summed E-state index contributed by atoms with van der Waals surface area (Å²) in [6, 6.07) is 8.74. The van der Waals surface area contributed by atoms with E-state index in [-0.39, 0.29) is 17.8 Å². The van der Waals surface area contributed by atoms with Gasteiger partial charge in [0, 0.05) is 38.4 Å². The number of hydrogen-bond donors (Lipinski definition) is 2. The molecule has 0 bridgehead atoms. The molecule has 0 fully saturated rings. The first kappa shape index (κ1) is 22.3. The minimum atomic E-state index is -5.08. The van der Waals surface area contributed by atoms with Crippen LogP contribution in [0.25, 0.3) is 0 Å². The maximum Gasteiger partial charge on any atom is 0.490 e. The summed E-state index contributed by atoms with van der Waals surface area (Å²) in [5.74, 6) is -2.96. The van der Waals surface area contributed by atoms with E-state index in [4.69, 9.17) is 9.90 Å². The number of halogens is 4. The van der Waals surface area contributed by atoms with Gasteiger partial charge in [0.15, 0.2) is 0 Å². The second-order valence-electron chi connectivity index (χ2n) is 6.36. The molecule has 1 unspecified atom stereocenters. The highest BCUT2D eigenvalue weighted by Crippen LogP contribution is 2.24. The van der Waals surface area contributed by atoms with Crippen LogP contribution in [0, 0.1) is 5.82 Å². The molecule has 1 aliphatic heterocycles. The number of carbonyl (C=O) groups excluding carboxylic acids is 1. The van der Waals surface area contributed by atoms with E-state index in [1.807, 2.05) is 16.8 Å². The molecule has 2 N–H and O–H groups in total. The lowest BCUT2D eigenvalue weighted by Crippen LogP contribution is -2.39. The number of aromatic nitrogens is 2. The number of nitrogens with one attached hydrogen (secondary N) is 1. The molecule has 1 aliphatic rings. The maximum atomic E-state index is 13.8. The summed E-state index contributed by atoms with van der Waals surface area (Å²) < 4.78 is 47.5. The Morgan fingerprint density at radius 1 is 1.28 bits per heavy atom. The van der Waals surface area contributed by atoms with E-state index in [0.717, 1.165) is 5.69 Å². The van der Waals surface area contributed by atoms with Gasteiger partial charge in [-0.25, -0.2) is 9.18 Å². The Hall–Kier alpha value is -2.95. The largest absolute Gasteiger partial charge is 0.490 e. The van der Waals surface area contributed by atoms with Gasteiger partial charge >= 0.3 is 12.1 Å². The summed E-state index contributed by atoms with van der Waals surface area (Å²) in [5.41, 5.74) is 1.73. The first-order chi connectivity index (χ1) is 13.6. The number of rotatable bonds is 4. The minimum absolute atomic E-state index is 0.0146. The summed E-state index contributed by atoms with van der Waals surface area (Å²) in [7, 11) is 1.63. The van der Waals surface area contributed by atoms with Crippen LogP contribution in [-0.4, -0.2) is 51.4 Å². The molecule has 1 atom stereocenters. The van der Waals surface area contributed by atoms with Gasteiger partial charge in [0.2, 0.25) is 5.91 Å². The first-order valence-corrected chi connectivity index (χ1v) is 8.60. The number of carbonyl (C=O) groups is 2. The van der Waals surface area contributed by atoms with E-state index in [2.05, 4.69) is 15.3 Å². The molecular formula is C18H20F4N4O3. The highest BCUT2D eigenvalue weighted by molar-refractivity contribution is 5.76. The Balaban J connectivity index is 0.000000370. The van der Waals surface area contributed by atoms with Gasteiger partial charge in [0.25, 0.3) is 0 Å². The van der Waals surface area contributed by atoms with Crippen LogP contribution in [0.1, 0.15) is 23.7 Å². The molecule has 7 nitrogen and oxygen atoms in total. The van der Waals surface area contributed by atoms with Gasteiger partial charge < -0.3 is 10.4 Å². The predicted molar refractivity (Wildman–Crippen MR) is 94.2 cm³/mol. The van der Waals surface area contributed by atoms with E-state index >= 15 is 0 Å². The molecule has 1 amide bonds. The third-order valence-corrected chi connectivity index (χ3v) is 4.25. The smallest absolute Gasteiger partial charge is 0.475 e. The van der Waals surface area contributed by atoms with Crippen LogP contribution in [0.15, 0.2) is 36.5 Å². The summed E-state index contributed by atoms with van der Waals surface area (Å²) in [4.78, 5) is 22.8. The third kappa shape index (κ3) is 6.28. The van der Waals surface area contributed by atoms with Crippen LogP contribution in [0.3, 0.4) is 0 Å². The van der Waals surface area contributed by atoms with E-state index < -0.39 is 12.1 Å². The average Bonchev–Trinajstić information content (AvgIpc) is 3.12. The average molecular weight is 416 g/mol. The molecular weight excluding hydrogens is 396 g/mol. The monoisotopic (exact) mass is 416 g/mol. The van der Waals surface area contributed by atoms with Gasteiger partial charge in [-0.15, -0.1) is 0 Å². The van der Waals surface area contributed by atoms with Crippen LogP contribution >= 0.6 is 0 Å². The molecule has 1 aromatic carbocycles. The molecule has 0 aliphatic carbocycles. The van der Waals surface area contributed by atoms with Gasteiger partial charge in [0.05, 0.1) is 18.2 Å². The predicted octanol–water partition coefficient (Wildman–Crippen LogP) is 2.35. The van der Waals surface area contributed by atoms with Gasteiger partial charge in [-0.1, -0.05) is 18.2 Å². The standard InChI is InChI=1S/C16H19FN4O.C2HF3O2/c1-18-16(22)8-14-11-20(10-13-6-7-19-21(13)14)9-12-4-2-3-5-15(12)17;3-2(4,5)1(6)7/h2-7,14H,8-11H2,1H3,(H,18,22);(H,6,7). The highest BCUT2D eigenvalue weighted by Gasteiger charge is 2.38. The summed E-state index contributed by atoms with van der Waals surface area (Å²) in [6.45, 7) is 1.91. The lowest BCUT2D eigenvalue weighted by Gasteiger charge is -2.33. The Labute approximate surface area is 163 Å². The molecule has 158 valence electrons. The second kappa shape index (κ2) is 9.50. The number of hydrogen-bond acceptors (Lipinski definition) is 4. The summed E-state index contributed by atoms with van der Waals surface area (Å²) in [6.07, 6.45) is -2.96. The third-order valence-electron chi connectivity index (χ3n) is 4.25. The first-order valence-electron chi connectivity index (χ1n) is 8.60. The quantitative estimate of drug-likeness (QED) is 0.748. The molecule has 2 heterocycles. The molecule has 1 aromatic heterocycles. The van der Waals surface area contributed by atoms with E-state index in [1.165, 1.54) is 6.07 Å². The molecule has 0 saturated heterocycles. The van der Waals surface area contributed by atoms with Crippen molar-refractivity contribution >= 4 is 11.9 Å². The summed E-state index contributed by atoms with van der Waals surface area (Å²) in [5, 5.41) is 14.1. The van der Waals surface area contributed by atoms with Gasteiger partial charge in [0.1, 0.15) is 5.82 Å². The van der Waals surface area contributed by atoms with Crippen molar-refractivity contribution in [2.75, 3.05) is 13.6 Å². The van der Waals surface area contributed by atoms with E-state index in [9.17, 15) is 22.4 Å². The van der Waals surface area contributed by atoms with Gasteiger partial charge in [-0.2, -0.15) is 18.3 Å². The number of aliphatic carboxylic acids is 1. The number of alkyl halides is 3. The van der Waals surface area contributed by atoms with Gasteiger partial charge in [-0.3, -0.25) is 14.4 Å². The number of carboxylic acids is 1. The SMILES string of the molecule is CNC(=O)CC1CN(Cc2ccccc2F)Cc2ccnn21.O=C(O)C(F)(F)F. The molecule has 0 saturated carbocycles. The molecule has 0 spiro atoms. The van der Waals surface area contributed by atoms with Crippen molar-refractivity contribution < 1.29 is 32.3 Å². The van der Waals surface area contributed by atoms with Crippen molar-refractivity contribution in [3.8, 4) is 0 Å². The van der Waals surface area contributed by atoms with Crippen LogP contribution in [-0.2, 0) is 22.7 Å². The van der Waals surface area contributed by atoms with Crippen LogP contribution < -0.4 is 5.32 Å². The zero-order valence-corrected chi connectivity index (χ0v) is 15.5. The fraction of sp³-hybridized carbons (Fsp3) is 0.389. The van der Waals surface area contributed by atoms with Crippen LogP contribution in [0.5, 0.6) is 0 Å². The van der Waals surface area contributed by atoms with E-state index in [0.29, 0.717) is 31.6 Å². The number of fused-ring (bicyclic) bond motifs is 1. The minimum Gasteiger partial charge on any atom is -0.475 e. The highest BCUT2D eigenvalue weighted by atomic mass is 19.4. The normalized spacial score (nSPS) is 16.4. The number of nitrogens with zero attached hydrogens (tertiary/aromatic N) is 3. The number of amides is 1. The number of carboxylic acid groups (broad SMARTS) is 1. The van der Waals surface area contributed by atoms with Crippen molar-refractivity contribution in [1.29, 1.82) is 0 Å². The number of benzene rings is 1. The van der Waals surface area contributed by atoms with Crippen LogP contribution in [0.2, 0.25) is 0 Å². The van der Waals surface area contributed by atoms with Gasteiger partial charge in [-0.05, 0) is 12.1 Å². The molecule has 11 heteroatoms. The van der Waals surface area contributed by atoms with Crippen molar-refractivity contribution in [1.82, 2.24) is 20.0 Å². The Morgan fingerprint density at radius 3 is 2.52 bits per heavy atom. The Kier molecular flexibility index (Phi) is 7.32. The Morgan fingerprint density at radius 2 is 1.93 bits per heavy atom. The Bertz CT molecular complexity index is 854. The van der Waals surface area contributed by atoms with Crippen LogP contribution in [0.4, 0.5) is 17.6 Å². The fourth-order valence-electron chi connectivity index (χ4n) is 2.92. The molecule has 3 rings (SSSR count). The van der Waals surface area contributed by atoms with Crippen molar-refractivity contribution in [2.24, 2.45) is 0 Å². The van der Waals surface area contributed by atoms with Crippen molar-refractivity contribution in [3.63, 3.8) is 0 Å². The fourth-order valence-corrected chi connectivity index (χ4v) is 2.92. The second-order valence-corrected chi connectivity index (χ2v) is 6.36.